The molecule has 1 heterocycles. The predicted molar refractivity (Wildman–Crippen MR) is 62.5 cm³/mol. The molecule has 4 nitrogen and oxygen atoms in total. The van der Waals surface area contributed by atoms with Crippen LogP contribution >= 0.6 is 0 Å². The Balaban J connectivity index is 2.01. The maximum Gasteiger partial charge on any atom is 0.185 e. The first kappa shape index (κ1) is 11.0. The minimum Gasteiger partial charge on any atom is -0.508 e. The van der Waals surface area contributed by atoms with Gasteiger partial charge in [0.15, 0.2) is 5.90 Å². The second-order valence-electron chi connectivity index (χ2n) is 4.12. The quantitative estimate of drug-likeness (QED) is 0.813. The third-order valence-corrected chi connectivity index (χ3v) is 2.45. The van der Waals surface area contributed by atoms with E-state index in [2.05, 4.69) is 4.99 Å². The average Bonchev–Trinajstić information content (AvgIpc) is 2.65. The van der Waals surface area contributed by atoms with Crippen LogP contribution in [-0.2, 0) is 4.74 Å². The molecule has 0 saturated heterocycles. The lowest BCUT2D eigenvalue weighted by molar-refractivity contribution is 0.222. The number of rotatable bonds is 3. The SMILES string of the molecule is CC(N)CC1=NCC(c2cccc(O)c2)O1. The summed E-state index contributed by atoms with van der Waals surface area (Å²) in [5.74, 6) is 0.963. The summed E-state index contributed by atoms with van der Waals surface area (Å²) < 4.78 is 5.67. The Labute approximate surface area is 94.8 Å². The second kappa shape index (κ2) is 4.53. The first-order valence-electron chi connectivity index (χ1n) is 5.39. The molecular formula is C12H16N2O2. The van der Waals surface area contributed by atoms with Crippen molar-refractivity contribution in [3.63, 3.8) is 0 Å². The molecule has 0 aromatic heterocycles. The third-order valence-electron chi connectivity index (χ3n) is 2.45. The van der Waals surface area contributed by atoms with Gasteiger partial charge in [0.25, 0.3) is 0 Å². The molecule has 0 amide bonds. The first-order chi connectivity index (χ1) is 7.65. The van der Waals surface area contributed by atoms with E-state index in [1.165, 1.54) is 0 Å². The fourth-order valence-electron chi connectivity index (χ4n) is 1.71. The van der Waals surface area contributed by atoms with E-state index in [9.17, 15) is 5.11 Å². The van der Waals surface area contributed by atoms with Crippen LogP contribution in [0.2, 0.25) is 0 Å². The van der Waals surface area contributed by atoms with Gasteiger partial charge < -0.3 is 15.6 Å². The van der Waals surface area contributed by atoms with E-state index in [-0.39, 0.29) is 17.9 Å². The topological polar surface area (TPSA) is 67.8 Å². The summed E-state index contributed by atoms with van der Waals surface area (Å²) in [4.78, 5) is 4.30. The minimum atomic E-state index is -0.0825. The Morgan fingerprint density at radius 1 is 1.62 bits per heavy atom. The number of aliphatic imine (C=N–C) groups is 1. The lowest BCUT2D eigenvalue weighted by atomic mass is 10.1. The summed E-state index contributed by atoms with van der Waals surface area (Å²) in [6.07, 6.45) is 0.579. The Morgan fingerprint density at radius 2 is 2.44 bits per heavy atom. The molecule has 0 bridgehead atoms. The Hall–Kier alpha value is -1.55. The molecule has 3 N–H and O–H groups in total. The van der Waals surface area contributed by atoms with E-state index >= 15 is 0 Å². The predicted octanol–water partition coefficient (Wildman–Crippen LogP) is 1.60. The third kappa shape index (κ3) is 2.52. The lowest BCUT2D eigenvalue weighted by Gasteiger charge is -2.12. The number of nitrogens with zero attached hydrogens (tertiary/aromatic N) is 1. The van der Waals surface area contributed by atoms with Crippen molar-refractivity contribution in [2.75, 3.05) is 6.54 Å². The number of nitrogens with two attached hydrogens (primary N) is 1. The van der Waals surface area contributed by atoms with Crippen molar-refractivity contribution in [3.8, 4) is 5.75 Å². The molecule has 0 fully saturated rings. The summed E-state index contributed by atoms with van der Waals surface area (Å²) in [5, 5.41) is 9.37. The number of benzene rings is 1. The molecule has 1 aliphatic heterocycles. The van der Waals surface area contributed by atoms with E-state index < -0.39 is 0 Å². The molecule has 0 aliphatic carbocycles. The molecule has 2 rings (SSSR count). The molecule has 1 aromatic carbocycles. The van der Waals surface area contributed by atoms with Crippen molar-refractivity contribution in [2.45, 2.75) is 25.5 Å². The van der Waals surface area contributed by atoms with Crippen molar-refractivity contribution in [1.82, 2.24) is 0 Å². The van der Waals surface area contributed by atoms with Gasteiger partial charge in [-0.1, -0.05) is 12.1 Å². The van der Waals surface area contributed by atoms with E-state index in [0.717, 1.165) is 5.56 Å². The molecule has 86 valence electrons. The van der Waals surface area contributed by atoms with Gasteiger partial charge >= 0.3 is 0 Å². The van der Waals surface area contributed by atoms with Crippen LogP contribution in [0, 0.1) is 0 Å². The van der Waals surface area contributed by atoms with Gasteiger partial charge in [-0.3, -0.25) is 4.99 Å². The Kier molecular flexibility index (Phi) is 3.10. The van der Waals surface area contributed by atoms with Gasteiger partial charge in [0.05, 0.1) is 6.54 Å². The van der Waals surface area contributed by atoms with Crippen molar-refractivity contribution in [2.24, 2.45) is 10.7 Å². The highest BCUT2D eigenvalue weighted by Gasteiger charge is 2.22. The zero-order valence-electron chi connectivity index (χ0n) is 9.26. The monoisotopic (exact) mass is 220 g/mol. The molecule has 0 saturated carbocycles. The summed E-state index contributed by atoms with van der Waals surface area (Å²) in [6, 6.07) is 7.13. The summed E-state index contributed by atoms with van der Waals surface area (Å²) in [7, 11) is 0. The molecule has 2 atom stereocenters. The van der Waals surface area contributed by atoms with Gasteiger partial charge in [-0.25, -0.2) is 0 Å². The van der Waals surface area contributed by atoms with E-state index in [4.69, 9.17) is 10.5 Å². The largest absolute Gasteiger partial charge is 0.508 e. The van der Waals surface area contributed by atoms with Crippen molar-refractivity contribution < 1.29 is 9.84 Å². The molecular weight excluding hydrogens is 204 g/mol. The van der Waals surface area contributed by atoms with Crippen LogP contribution in [0.3, 0.4) is 0 Å². The zero-order valence-corrected chi connectivity index (χ0v) is 9.26. The standard InChI is InChI=1S/C12H16N2O2/c1-8(13)5-12-14-7-11(16-12)9-3-2-4-10(15)6-9/h2-4,6,8,11,15H,5,7,13H2,1H3. The Bertz CT molecular complexity index is 402. The number of aromatic hydroxyl groups is 1. The zero-order chi connectivity index (χ0) is 11.5. The molecule has 4 heteroatoms. The van der Waals surface area contributed by atoms with Gasteiger partial charge in [-0.2, -0.15) is 0 Å². The van der Waals surface area contributed by atoms with Crippen molar-refractivity contribution in [1.29, 1.82) is 0 Å². The van der Waals surface area contributed by atoms with Crippen LogP contribution in [0.4, 0.5) is 0 Å². The molecule has 1 aliphatic rings. The van der Waals surface area contributed by atoms with Crippen LogP contribution < -0.4 is 5.73 Å². The number of phenols is 1. The number of hydrogen-bond donors (Lipinski definition) is 2. The van der Waals surface area contributed by atoms with Crippen LogP contribution in [-0.4, -0.2) is 23.6 Å². The van der Waals surface area contributed by atoms with Crippen molar-refractivity contribution >= 4 is 5.90 Å². The molecule has 0 radical (unpaired) electrons. The lowest BCUT2D eigenvalue weighted by Crippen LogP contribution is -2.20. The fourth-order valence-corrected chi connectivity index (χ4v) is 1.71. The van der Waals surface area contributed by atoms with E-state index in [0.29, 0.717) is 18.9 Å². The maximum absolute atomic E-state index is 9.37. The minimum absolute atomic E-state index is 0.0571. The summed E-state index contributed by atoms with van der Waals surface area (Å²) in [6.45, 7) is 2.53. The normalized spacial score (nSPS) is 21.4. The van der Waals surface area contributed by atoms with Gasteiger partial charge in [0, 0.05) is 12.5 Å². The number of phenolic OH excluding ortho intramolecular Hbond substituents is 1. The highest BCUT2D eigenvalue weighted by Crippen LogP contribution is 2.26. The average molecular weight is 220 g/mol. The van der Waals surface area contributed by atoms with Crippen LogP contribution in [0.15, 0.2) is 29.3 Å². The molecule has 1 aromatic rings. The maximum atomic E-state index is 9.37. The van der Waals surface area contributed by atoms with Crippen LogP contribution in [0.5, 0.6) is 5.75 Å². The summed E-state index contributed by atoms with van der Waals surface area (Å²) in [5.41, 5.74) is 6.63. The smallest absolute Gasteiger partial charge is 0.185 e. The van der Waals surface area contributed by atoms with Crippen LogP contribution in [0.1, 0.15) is 25.0 Å². The first-order valence-corrected chi connectivity index (χ1v) is 5.39. The van der Waals surface area contributed by atoms with Gasteiger partial charge in [-0.15, -0.1) is 0 Å². The molecule has 2 unspecified atom stereocenters. The van der Waals surface area contributed by atoms with E-state index in [1.807, 2.05) is 13.0 Å². The molecule has 0 spiro atoms. The van der Waals surface area contributed by atoms with Gasteiger partial charge in [0.1, 0.15) is 11.9 Å². The Morgan fingerprint density at radius 3 is 3.12 bits per heavy atom. The number of hydrogen-bond acceptors (Lipinski definition) is 4. The fraction of sp³-hybridized carbons (Fsp3) is 0.417. The van der Waals surface area contributed by atoms with E-state index in [1.54, 1.807) is 18.2 Å². The highest BCUT2D eigenvalue weighted by molar-refractivity contribution is 5.78. The highest BCUT2D eigenvalue weighted by atomic mass is 16.5. The van der Waals surface area contributed by atoms with Gasteiger partial charge in [0.2, 0.25) is 0 Å². The summed E-state index contributed by atoms with van der Waals surface area (Å²) >= 11 is 0. The van der Waals surface area contributed by atoms with Crippen LogP contribution in [0.25, 0.3) is 0 Å². The molecule has 16 heavy (non-hydrogen) atoms. The van der Waals surface area contributed by atoms with Crippen molar-refractivity contribution in [3.05, 3.63) is 29.8 Å². The van der Waals surface area contributed by atoms with Gasteiger partial charge in [-0.05, 0) is 24.6 Å². The second-order valence-corrected chi connectivity index (χ2v) is 4.12. The number of ether oxygens (including phenoxy) is 1.